The third kappa shape index (κ3) is 3.80. The van der Waals surface area contributed by atoms with Crippen LogP contribution in [0.5, 0.6) is 0 Å². The number of fused-ring (bicyclic) bond motifs is 1. The largest absolute Gasteiger partial charge is 0.411 e. The van der Waals surface area contributed by atoms with Crippen molar-refractivity contribution in [2.75, 3.05) is 12.8 Å². The summed E-state index contributed by atoms with van der Waals surface area (Å²) in [5.74, 6) is 0.707. The number of nitrogens with one attached hydrogen (secondary N) is 1. The Balaban J connectivity index is 1.39. The molecule has 28 heavy (non-hydrogen) atoms. The molecule has 7 heteroatoms. The van der Waals surface area contributed by atoms with E-state index in [-0.39, 0.29) is 11.7 Å². The summed E-state index contributed by atoms with van der Waals surface area (Å²) >= 11 is 1.25. The SMILES string of the molecule is Cc1ccccc1CN(C)C(=O)CSc1nnc(-c2c[nH]c3ccccc23)o1. The fraction of sp³-hybridized carbons (Fsp3) is 0.190. The van der Waals surface area contributed by atoms with Crippen molar-refractivity contribution < 1.29 is 9.21 Å². The van der Waals surface area contributed by atoms with Crippen LogP contribution in [0.3, 0.4) is 0 Å². The molecule has 0 spiro atoms. The molecule has 0 bridgehead atoms. The van der Waals surface area contributed by atoms with Crippen LogP contribution in [0.4, 0.5) is 0 Å². The predicted octanol–water partition coefficient (Wildman–Crippen LogP) is 4.28. The molecule has 0 saturated carbocycles. The third-order valence-electron chi connectivity index (χ3n) is 4.64. The van der Waals surface area contributed by atoms with Crippen LogP contribution in [-0.4, -0.2) is 38.8 Å². The summed E-state index contributed by atoms with van der Waals surface area (Å²) in [6.45, 7) is 2.63. The molecule has 4 rings (SSSR count). The molecule has 0 unspecified atom stereocenters. The van der Waals surface area contributed by atoms with E-state index >= 15 is 0 Å². The van der Waals surface area contributed by atoms with Crippen LogP contribution in [0.2, 0.25) is 0 Å². The first-order valence-electron chi connectivity index (χ1n) is 8.93. The smallest absolute Gasteiger partial charge is 0.277 e. The summed E-state index contributed by atoms with van der Waals surface area (Å²) in [6, 6.07) is 16.0. The molecule has 0 fully saturated rings. The number of H-pyrrole nitrogens is 1. The minimum atomic E-state index is 0.0140. The zero-order valence-electron chi connectivity index (χ0n) is 15.7. The second-order valence-electron chi connectivity index (χ2n) is 6.59. The van der Waals surface area contributed by atoms with Gasteiger partial charge in [0.05, 0.1) is 11.3 Å². The monoisotopic (exact) mass is 392 g/mol. The summed E-state index contributed by atoms with van der Waals surface area (Å²) in [6.07, 6.45) is 1.85. The molecule has 0 atom stereocenters. The van der Waals surface area contributed by atoms with Crippen molar-refractivity contribution in [3.63, 3.8) is 0 Å². The van der Waals surface area contributed by atoms with Crippen LogP contribution in [0.1, 0.15) is 11.1 Å². The Bertz CT molecular complexity index is 1120. The number of benzene rings is 2. The Hall–Kier alpha value is -3.06. The number of rotatable bonds is 6. The van der Waals surface area contributed by atoms with Gasteiger partial charge in [-0.15, -0.1) is 10.2 Å². The Morgan fingerprint density at radius 2 is 1.93 bits per heavy atom. The summed E-state index contributed by atoms with van der Waals surface area (Å²) in [5.41, 5.74) is 4.19. The number of thioether (sulfide) groups is 1. The Kier molecular flexibility index (Phi) is 5.16. The maximum atomic E-state index is 12.5. The second kappa shape index (κ2) is 7.90. The molecule has 4 aromatic rings. The Morgan fingerprint density at radius 3 is 2.79 bits per heavy atom. The second-order valence-corrected chi connectivity index (χ2v) is 7.51. The lowest BCUT2D eigenvalue weighted by molar-refractivity contribution is -0.127. The number of hydrogen-bond acceptors (Lipinski definition) is 5. The lowest BCUT2D eigenvalue weighted by Gasteiger charge is -2.17. The van der Waals surface area contributed by atoms with Crippen molar-refractivity contribution >= 4 is 28.6 Å². The molecule has 6 nitrogen and oxygen atoms in total. The van der Waals surface area contributed by atoms with Crippen molar-refractivity contribution in [2.24, 2.45) is 0 Å². The van der Waals surface area contributed by atoms with Gasteiger partial charge in [0.1, 0.15) is 0 Å². The molecule has 1 amide bonds. The van der Waals surface area contributed by atoms with Crippen LogP contribution in [0, 0.1) is 6.92 Å². The zero-order chi connectivity index (χ0) is 19.5. The predicted molar refractivity (Wildman–Crippen MR) is 110 cm³/mol. The van der Waals surface area contributed by atoms with E-state index in [4.69, 9.17) is 4.42 Å². The number of carbonyl (C=O) groups excluding carboxylic acids is 1. The van der Waals surface area contributed by atoms with E-state index in [0.29, 0.717) is 17.7 Å². The minimum absolute atomic E-state index is 0.0140. The molecule has 1 N–H and O–H groups in total. The fourth-order valence-electron chi connectivity index (χ4n) is 2.99. The third-order valence-corrected chi connectivity index (χ3v) is 5.44. The van der Waals surface area contributed by atoms with Crippen LogP contribution < -0.4 is 0 Å². The average Bonchev–Trinajstić information content (AvgIpc) is 3.34. The average molecular weight is 392 g/mol. The number of amides is 1. The number of hydrogen-bond donors (Lipinski definition) is 1. The summed E-state index contributed by atoms with van der Waals surface area (Å²) in [5, 5.41) is 9.61. The van der Waals surface area contributed by atoms with Gasteiger partial charge in [0, 0.05) is 30.7 Å². The van der Waals surface area contributed by atoms with E-state index in [0.717, 1.165) is 22.0 Å². The highest BCUT2D eigenvalue weighted by molar-refractivity contribution is 7.99. The molecular weight excluding hydrogens is 372 g/mol. The van der Waals surface area contributed by atoms with Gasteiger partial charge in [-0.1, -0.05) is 54.2 Å². The molecule has 0 aliphatic heterocycles. The van der Waals surface area contributed by atoms with Crippen LogP contribution in [0.25, 0.3) is 22.4 Å². The van der Waals surface area contributed by atoms with Gasteiger partial charge >= 0.3 is 0 Å². The molecule has 0 aliphatic carbocycles. The topological polar surface area (TPSA) is 75.0 Å². The molecular formula is C21H20N4O2S. The normalized spacial score (nSPS) is 11.1. The number of aryl methyl sites for hydroxylation is 1. The highest BCUT2D eigenvalue weighted by atomic mass is 32.2. The molecule has 2 aromatic heterocycles. The van der Waals surface area contributed by atoms with Crippen molar-refractivity contribution in [3.8, 4) is 11.5 Å². The van der Waals surface area contributed by atoms with Crippen molar-refractivity contribution in [1.29, 1.82) is 0 Å². The lowest BCUT2D eigenvalue weighted by Crippen LogP contribution is -2.28. The van der Waals surface area contributed by atoms with Crippen LogP contribution >= 0.6 is 11.8 Å². The van der Waals surface area contributed by atoms with Gasteiger partial charge in [0.15, 0.2) is 0 Å². The number of nitrogens with zero attached hydrogens (tertiary/aromatic N) is 3. The molecule has 0 aliphatic rings. The summed E-state index contributed by atoms with van der Waals surface area (Å²) in [4.78, 5) is 17.4. The Morgan fingerprint density at radius 1 is 1.14 bits per heavy atom. The first kappa shape index (κ1) is 18.3. The lowest BCUT2D eigenvalue weighted by atomic mass is 10.1. The highest BCUT2D eigenvalue weighted by Crippen LogP contribution is 2.29. The van der Waals surface area contributed by atoms with Gasteiger partial charge in [-0.2, -0.15) is 0 Å². The molecule has 2 heterocycles. The van der Waals surface area contributed by atoms with Gasteiger partial charge in [-0.05, 0) is 24.1 Å². The quantitative estimate of drug-likeness (QED) is 0.496. The van der Waals surface area contributed by atoms with Gasteiger partial charge in [0.2, 0.25) is 5.91 Å². The highest BCUT2D eigenvalue weighted by Gasteiger charge is 2.16. The van der Waals surface area contributed by atoms with Gasteiger partial charge in [-0.25, -0.2) is 0 Å². The maximum absolute atomic E-state index is 12.5. The van der Waals surface area contributed by atoms with Gasteiger partial charge < -0.3 is 14.3 Å². The number of aromatic amines is 1. The molecule has 0 radical (unpaired) electrons. The molecule has 142 valence electrons. The zero-order valence-corrected chi connectivity index (χ0v) is 16.5. The summed E-state index contributed by atoms with van der Waals surface area (Å²) in [7, 11) is 1.81. The fourth-order valence-corrected chi connectivity index (χ4v) is 3.69. The van der Waals surface area contributed by atoms with E-state index in [1.807, 2.05) is 61.7 Å². The molecule has 2 aromatic carbocycles. The standard InChI is InChI=1S/C21H20N4O2S/c1-14-7-3-4-8-15(14)12-25(2)19(26)13-28-21-24-23-20(27-21)17-11-22-18-10-6-5-9-16(17)18/h3-11,22H,12-13H2,1-2H3. The van der Waals surface area contributed by atoms with Crippen LogP contribution in [0.15, 0.2) is 64.4 Å². The number of aromatic nitrogens is 3. The maximum Gasteiger partial charge on any atom is 0.277 e. The van der Waals surface area contributed by atoms with E-state index in [1.165, 1.54) is 17.3 Å². The van der Waals surface area contributed by atoms with E-state index in [9.17, 15) is 4.79 Å². The number of para-hydroxylation sites is 1. The van der Waals surface area contributed by atoms with Gasteiger partial charge in [-0.3, -0.25) is 4.79 Å². The van der Waals surface area contributed by atoms with E-state index in [2.05, 4.69) is 15.2 Å². The van der Waals surface area contributed by atoms with E-state index < -0.39 is 0 Å². The number of carbonyl (C=O) groups is 1. The minimum Gasteiger partial charge on any atom is -0.411 e. The first-order valence-corrected chi connectivity index (χ1v) is 9.91. The molecule has 0 saturated heterocycles. The first-order chi connectivity index (χ1) is 13.6. The van der Waals surface area contributed by atoms with E-state index in [1.54, 1.807) is 11.9 Å². The van der Waals surface area contributed by atoms with Crippen LogP contribution in [-0.2, 0) is 11.3 Å². The van der Waals surface area contributed by atoms with Crippen molar-refractivity contribution in [3.05, 3.63) is 65.9 Å². The van der Waals surface area contributed by atoms with Crippen molar-refractivity contribution in [1.82, 2.24) is 20.1 Å². The van der Waals surface area contributed by atoms with Gasteiger partial charge in [0.25, 0.3) is 11.1 Å². The van der Waals surface area contributed by atoms with Crippen molar-refractivity contribution in [2.45, 2.75) is 18.7 Å². The summed E-state index contributed by atoms with van der Waals surface area (Å²) < 4.78 is 5.75. The Labute approximate surface area is 167 Å².